The Morgan fingerprint density at radius 2 is 1.76 bits per heavy atom. The zero-order valence-corrected chi connectivity index (χ0v) is 13.4. The molecule has 0 unspecified atom stereocenters. The van der Waals surface area contributed by atoms with Crippen LogP contribution in [-0.2, 0) is 9.59 Å². The Kier molecular flexibility index (Phi) is 7.85. The van der Waals surface area contributed by atoms with Gasteiger partial charge in [-0.25, -0.2) is 0 Å². The molecule has 0 atom stereocenters. The molecule has 0 aromatic carbocycles. The van der Waals surface area contributed by atoms with Gasteiger partial charge in [0.1, 0.15) is 18.9 Å². The van der Waals surface area contributed by atoms with Crippen LogP contribution in [0.5, 0.6) is 0 Å². The van der Waals surface area contributed by atoms with Crippen molar-refractivity contribution in [1.82, 2.24) is 10.6 Å². The Morgan fingerprint density at radius 1 is 1.14 bits per heavy atom. The molecule has 0 aliphatic carbocycles. The number of nitrogens with one attached hydrogen (secondary N) is 2. The third-order valence-electron chi connectivity index (χ3n) is 4.12. The average molecular weight is 300 g/mol. The number of quaternary nitrogens is 1. The molecule has 3 N–H and O–H groups in total. The van der Waals surface area contributed by atoms with Crippen LogP contribution in [-0.4, -0.2) is 73.7 Å². The van der Waals surface area contributed by atoms with Crippen LogP contribution >= 0.6 is 0 Å². The zero-order valence-electron chi connectivity index (χ0n) is 13.4. The molecule has 1 amide bonds. The smallest absolute Gasteiger partial charge is 0.220 e. The van der Waals surface area contributed by atoms with Crippen molar-refractivity contribution in [2.24, 2.45) is 0 Å². The minimum absolute atomic E-state index is 0.0615. The molecule has 6 heteroatoms. The molecule has 122 valence electrons. The minimum atomic E-state index is -0.191. The number of likely N-dealkylation sites (N-methyl/N-ethyl adjacent to an activating group) is 1. The first kappa shape index (κ1) is 18.1. The number of nitrogens with zero attached hydrogens (tertiary/aromatic N) is 1. The molecular formula is C15H30N3O3+. The second-order valence-corrected chi connectivity index (χ2v) is 6.17. The van der Waals surface area contributed by atoms with Crippen LogP contribution in [0.15, 0.2) is 0 Å². The van der Waals surface area contributed by atoms with Crippen molar-refractivity contribution in [1.29, 1.82) is 0 Å². The number of carbonyl (C=O) groups is 2. The molecule has 6 nitrogen and oxygen atoms in total. The van der Waals surface area contributed by atoms with Crippen LogP contribution in [0.3, 0.4) is 0 Å². The predicted molar refractivity (Wildman–Crippen MR) is 81.8 cm³/mol. The molecule has 0 saturated carbocycles. The number of amides is 1. The van der Waals surface area contributed by atoms with Gasteiger partial charge in [0, 0.05) is 19.4 Å². The summed E-state index contributed by atoms with van der Waals surface area (Å²) >= 11 is 0. The lowest BCUT2D eigenvalue weighted by Gasteiger charge is -2.48. The fraction of sp³-hybridized carbons (Fsp3) is 0.867. The fourth-order valence-electron chi connectivity index (χ4n) is 2.85. The average Bonchev–Trinajstić information content (AvgIpc) is 2.39. The van der Waals surface area contributed by atoms with Crippen LogP contribution in [0.2, 0.25) is 0 Å². The topological polar surface area (TPSA) is 78.4 Å². The van der Waals surface area contributed by atoms with E-state index in [9.17, 15) is 14.7 Å². The van der Waals surface area contributed by atoms with Gasteiger partial charge in [0.2, 0.25) is 5.91 Å². The molecule has 1 fully saturated rings. The van der Waals surface area contributed by atoms with E-state index in [0.29, 0.717) is 19.4 Å². The Morgan fingerprint density at radius 3 is 2.33 bits per heavy atom. The van der Waals surface area contributed by atoms with Crippen molar-refractivity contribution in [3.05, 3.63) is 0 Å². The summed E-state index contributed by atoms with van der Waals surface area (Å²) < 4.78 is 0.882. The normalized spacial score (nSPS) is 24.4. The largest absolute Gasteiger partial charge is 0.382 e. The molecule has 1 saturated heterocycles. The third kappa shape index (κ3) is 7.02. The third-order valence-corrected chi connectivity index (χ3v) is 4.12. The van der Waals surface area contributed by atoms with Crippen molar-refractivity contribution in [3.8, 4) is 0 Å². The van der Waals surface area contributed by atoms with Gasteiger partial charge in [-0.15, -0.1) is 0 Å². The fourth-order valence-corrected chi connectivity index (χ4v) is 2.85. The van der Waals surface area contributed by atoms with E-state index in [4.69, 9.17) is 0 Å². The van der Waals surface area contributed by atoms with Gasteiger partial charge < -0.3 is 25.0 Å². The SMILES string of the molecule is CNCC[N+]1(CCNC(=O)CCCCC(C)=O)CC(O)C1. The van der Waals surface area contributed by atoms with E-state index in [2.05, 4.69) is 10.6 Å². The number of aliphatic hydroxyl groups excluding tert-OH is 1. The first-order chi connectivity index (χ1) is 9.97. The molecule has 1 rings (SSSR count). The van der Waals surface area contributed by atoms with Crippen molar-refractivity contribution in [3.63, 3.8) is 0 Å². The maximum Gasteiger partial charge on any atom is 0.220 e. The minimum Gasteiger partial charge on any atom is -0.382 e. The summed E-state index contributed by atoms with van der Waals surface area (Å²) in [4.78, 5) is 22.5. The number of ketones is 1. The molecule has 0 aromatic rings. The van der Waals surface area contributed by atoms with E-state index in [1.807, 2.05) is 7.05 Å². The molecule has 21 heavy (non-hydrogen) atoms. The highest BCUT2D eigenvalue weighted by Gasteiger charge is 2.41. The van der Waals surface area contributed by atoms with Crippen LogP contribution in [0.1, 0.15) is 32.6 Å². The lowest BCUT2D eigenvalue weighted by Crippen LogP contribution is -2.69. The first-order valence-corrected chi connectivity index (χ1v) is 7.91. The number of rotatable bonds is 11. The van der Waals surface area contributed by atoms with E-state index in [0.717, 1.165) is 50.0 Å². The van der Waals surface area contributed by atoms with Crippen LogP contribution in [0.4, 0.5) is 0 Å². The highest BCUT2D eigenvalue weighted by Crippen LogP contribution is 2.19. The van der Waals surface area contributed by atoms with E-state index < -0.39 is 0 Å². The van der Waals surface area contributed by atoms with E-state index in [-0.39, 0.29) is 17.8 Å². The molecule has 1 heterocycles. The molecule has 0 bridgehead atoms. The van der Waals surface area contributed by atoms with Crippen molar-refractivity contribution in [2.75, 3.05) is 46.3 Å². The monoisotopic (exact) mass is 300 g/mol. The Bertz CT molecular complexity index is 341. The summed E-state index contributed by atoms with van der Waals surface area (Å²) in [6.45, 7) is 6.59. The molecule has 1 aliphatic rings. The van der Waals surface area contributed by atoms with Gasteiger partial charge in [0.15, 0.2) is 6.10 Å². The number of Topliss-reactive ketones (excluding diaryl/α,β-unsaturated/α-hetero) is 1. The molecule has 0 aromatic heterocycles. The van der Waals surface area contributed by atoms with Crippen molar-refractivity contribution in [2.45, 2.75) is 38.7 Å². The summed E-state index contributed by atoms with van der Waals surface area (Å²) in [6.07, 6.45) is 2.42. The molecular weight excluding hydrogens is 270 g/mol. The van der Waals surface area contributed by atoms with Gasteiger partial charge in [-0.3, -0.25) is 4.79 Å². The van der Waals surface area contributed by atoms with Gasteiger partial charge in [-0.05, 0) is 26.8 Å². The van der Waals surface area contributed by atoms with Gasteiger partial charge >= 0.3 is 0 Å². The van der Waals surface area contributed by atoms with Crippen LogP contribution in [0.25, 0.3) is 0 Å². The van der Waals surface area contributed by atoms with E-state index in [1.54, 1.807) is 6.92 Å². The number of unbranched alkanes of at least 4 members (excludes halogenated alkanes) is 1. The predicted octanol–water partition coefficient (Wildman–Crippen LogP) is -0.337. The van der Waals surface area contributed by atoms with E-state index >= 15 is 0 Å². The van der Waals surface area contributed by atoms with Gasteiger partial charge in [-0.1, -0.05) is 0 Å². The van der Waals surface area contributed by atoms with E-state index in [1.165, 1.54) is 0 Å². The number of aliphatic hydroxyl groups is 1. The maximum atomic E-state index is 11.7. The summed E-state index contributed by atoms with van der Waals surface area (Å²) in [5.41, 5.74) is 0. The van der Waals surface area contributed by atoms with Gasteiger partial charge in [-0.2, -0.15) is 0 Å². The number of carbonyl (C=O) groups excluding carboxylic acids is 2. The number of hydrogen-bond donors (Lipinski definition) is 3. The summed E-state index contributed by atoms with van der Waals surface area (Å²) in [6, 6.07) is 0. The Hall–Kier alpha value is -0.980. The summed E-state index contributed by atoms with van der Waals surface area (Å²) in [7, 11) is 1.93. The number of hydrogen-bond acceptors (Lipinski definition) is 4. The number of likely N-dealkylation sites (tertiary alicyclic amines) is 1. The standard InChI is InChI=1S/C15H29N3O3/c1-13(19)5-3-4-6-15(21)17-8-10-18(9-7-16-2)11-14(20)12-18/h14,16,20H,3-12H2,1-2H3/p+1. The van der Waals surface area contributed by atoms with Crippen molar-refractivity contribution < 1.29 is 19.2 Å². The Labute approximate surface area is 127 Å². The highest BCUT2D eigenvalue weighted by molar-refractivity contribution is 5.76. The molecule has 0 spiro atoms. The maximum absolute atomic E-state index is 11.7. The highest BCUT2D eigenvalue weighted by atomic mass is 16.3. The van der Waals surface area contributed by atoms with Gasteiger partial charge in [0.25, 0.3) is 0 Å². The second kappa shape index (κ2) is 9.12. The lowest BCUT2D eigenvalue weighted by molar-refractivity contribution is -0.970. The first-order valence-electron chi connectivity index (χ1n) is 7.91. The van der Waals surface area contributed by atoms with Crippen LogP contribution < -0.4 is 10.6 Å². The Balaban J connectivity index is 2.13. The zero-order chi connectivity index (χ0) is 15.7. The lowest BCUT2D eigenvalue weighted by atomic mass is 10.1. The van der Waals surface area contributed by atoms with Crippen molar-refractivity contribution >= 4 is 11.7 Å². The quantitative estimate of drug-likeness (QED) is 0.360. The molecule has 0 radical (unpaired) electrons. The molecule has 1 aliphatic heterocycles. The summed E-state index contributed by atoms with van der Waals surface area (Å²) in [5, 5.41) is 15.6. The second-order valence-electron chi connectivity index (χ2n) is 6.17. The van der Waals surface area contributed by atoms with Crippen LogP contribution in [0, 0.1) is 0 Å². The summed E-state index contributed by atoms with van der Waals surface area (Å²) in [5.74, 6) is 0.245. The van der Waals surface area contributed by atoms with Gasteiger partial charge in [0.05, 0.1) is 19.6 Å².